The minimum Gasteiger partial charge on any atom is -0.313 e. The largest absolute Gasteiger partial charge is 0.330 e. The number of imidazole rings is 1. The molecule has 0 amide bonds. The summed E-state index contributed by atoms with van der Waals surface area (Å²) in [7, 11) is 0. The number of benzene rings is 1. The first-order valence-corrected chi connectivity index (χ1v) is 9.08. The quantitative estimate of drug-likeness (QED) is 0.520. The van der Waals surface area contributed by atoms with E-state index >= 15 is 0 Å². The number of nitrogens with one attached hydrogen (secondary N) is 1. The van der Waals surface area contributed by atoms with E-state index in [9.17, 15) is 22.8 Å². The van der Waals surface area contributed by atoms with Gasteiger partial charge in [0.1, 0.15) is 11.6 Å². The Morgan fingerprint density at radius 3 is 2.33 bits per heavy atom. The first kappa shape index (κ1) is 19.6. The summed E-state index contributed by atoms with van der Waals surface area (Å²) in [6, 6.07) is 7.31. The number of halogens is 3. The van der Waals surface area contributed by atoms with Gasteiger partial charge < -0.3 is 4.57 Å². The monoisotopic (exact) mass is 415 g/mol. The minimum atomic E-state index is -1.11. The minimum absolute atomic E-state index is 0.00942. The summed E-state index contributed by atoms with van der Waals surface area (Å²) >= 11 is 0. The number of pyridine rings is 1. The number of aromatic amines is 1. The van der Waals surface area contributed by atoms with Crippen LogP contribution in [0, 0.1) is 17.7 Å². The number of aromatic nitrogens is 5. The van der Waals surface area contributed by atoms with Crippen molar-refractivity contribution in [3.8, 4) is 11.4 Å². The third-order valence-corrected chi connectivity index (χ3v) is 4.66. The molecule has 10 heteroatoms. The zero-order chi connectivity index (χ0) is 21.6. The smallest absolute Gasteiger partial charge is 0.313 e. The fourth-order valence-corrected chi connectivity index (χ4v) is 3.34. The van der Waals surface area contributed by atoms with Crippen molar-refractivity contribution in [2.45, 2.75) is 26.4 Å². The van der Waals surface area contributed by atoms with E-state index in [-0.39, 0.29) is 35.1 Å². The van der Waals surface area contributed by atoms with Crippen LogP contribution in [0.1, 0.15) is 25.5 Å². The van der Waals surface area contributed by atoms with Crippen molar-refractivity contribution in [3.05, 3.63) is 80.5 Å². The van der Waals surface area contributed by atoms with Gasteiger partial charge >= 0.3 is 5.69 Å². The molecule has 4 aromatic rings. The summed E-state index contributed by atoms with van der Waals surface area (Å²) in [6.45, 7) is 3.50. The van der Waals surface area contributed by atoms with Gasteiger partial charge in [0.15, 0.2) is 11.2 Å². The fourth-order valence-electron chi connectivity index (χ4n) is 3.34. The maximum Gasteiger partial charge on any atom is 0.330 e. The molecule has 30 heavy (non-hydrogen) atoms. The van der Waals surface area contributed by atoms with Gasteiger partial charge in [-0.15, -0.1) is 0 Å². The van der Waals surface area contributed by atoms with E-state index in [1.807, 2.05) is 0 Å². The van der Waals surface area contributed by atoms with Gasteiger partial charge in [-0.25, -0.2) is 14.2 Å². The lowest BCUT2D eigenvalue weighted by Crippen LogP contribution is -2.32. The van der Waals surface area contributed by atoms with Crippen molar-refractivity contribution in [3.63, 3.8) is 0 Å². The molecule has 0 unspecified atom stereocenters. The number of nitrogens with zero attached hydrogens (tertiary/aromatic N) is 4. The SMILES string of the molecule is CC(C)n1c(=O)[nH]c(=O)c2c1nc(-c1ccc(F)nc1F)n2Cc1ccc(F)cc1. The molecule has 1 N–H and O–H groups in total. The van der Waals surface area contributed by atoms with Crippen LogP contribution in [0.2, 0.25) is 0 Å². The zero-order valence-corrected chi connectivity index (χ0v) is 16.0. The van der Waals surface area contributed by atoms with Gasteiger partial charge in [0.05, 0.1) is 5.56 Å². The van der Waals surface area contributed by atoms with Gasteiger partial charge in [-0.1, -0.05) is 12.1 Å². The molecular weight excluding hydrogens is 399 g/mol. The van der Waals surface area contributed by atoms with E-state index in [2.05, 4.69) is 15.0 Å². The van der Waals surface area contributed by atoms with Crippen LogP contribution < -0.4 is 11.2 Å². The average molecular weight is 415 g/mol. The van der Waals surface area contributed by atoms with Gasteiger partial charge in [-0.05, 0) is 43.7 Å². The van der Waals surface area contributed by atoms with Crippen LogP contribution in [0.5, 0.6) is 0 Å². The fraction of sp³-hybridized carbons (Fsp3) is 0.200. The molecule has 0 aliphatic carbocycles. The molecule has 0 bridgehead atoms. The highest BCUT2D eigenvalue weighted by atomic mass is 19.1. The lowest BCUT2D eigenvalue weighted by Gasteiger charge is -2.11. The maximum absolute atomic E-state index is 14.5. The second kappa shape index (κ2) is 7.29. The summed E-state index contributed by atoms with van der Waals surface area (Å²) in [5, 5.41) is 0. The molecule has 0 saturated carbocycles. The van der Waals surface area contributed by atoms with E-state index < -0.39 is 29.0 Å². The standard InChI is InChI=1S/C20H16F3N5O2/c1-10(2)28-18-15(19(29)26-20(28)30)27(9-11-3-5-12(21)6-4-11)17(25-18)13-7-8-14(22)24-16(13)23/h3-8,10H,9H2,1-2H3,(H,26,29,30). The molecule has 0 spiro atoms. The van der Waals surface area contributed by atoms with Gasteiger partial charge in [0, 0.05) is 12.6 Å². The molecule has 0 aliphatic rings. The predicted octanol–water partition coefficient (Wildman–Crippen LogP) is 2.99. The van der Waals surface area contributed by atoms with Crippen LogP contribution in [0.15, 0.2) is 46.0 Å². The third-order valence-electron chi connectivity index (χ3n) is 4.66. The lowest BCUT2D eigenvalue weighted by atomic mass is 10.2. The molecule has 4 rings (SSSR count). The number of fused-ring (bicyclic) bond motifs is 1. The highest BCUT2D eigenvalue weighted by molar-refractivity contribution is 5.77. The van der Waals surface area contributed by atoms with Gasteiger partial charge in [-0.2, -0.15) is 13.8 Å². The Balaban J connectivity index is 2.07. The van der Waals surface area contributed by atoms with Crippen molar-refractivity contribution in [2.24, 2.45) is 0 Å². The summed E-state index contributed by atoms with van der Waals surface area (Å²) in [4.78, 5) is 34.8. The van der Waals surface area contributed by atoms with E-state index in [1.165, 1.54) is 33.4 Å². The summed E-state index contributed by atoms with van der Waals surface area (Å²) in [5.41, 5.74) is -0.807. The molecule has 1 aromatic carbocycles. The molecule has 0 saturated heterocycles. The van der Waals surface area contributed by atoms with Crippen molar-refractivity contribution in [1.82, 2.24) is 24.1 Å². The van der Waals surface area contributed by atoms with Crippen molar-refractivity contribution >= 4 is 11.2 Å². The molecule has 0 atom stereocenters. The van der Waals surface area contributed by atoms with E-state index in [4.69, 9.17) is 0 Å². The van der Waals surface area contributed by atoms with Gasteiger partial charge in [-0.3, -0.25) is 14.3 Å². The Hall–Kier alpha value is -3.69. The maximum atomic E-state index is 14.5. The third kappa shape index (κ3) is 3.30. The molecule has 154 valence electrons. The van der Waals surface area contributed by atoms with Gasteiger partial charge in [0.2, 0.25) is 11.9 Å². The first-order valence-electron chi connectivity index (χ1n) is 9.08. The topological polar surface area (TPSA) is 85.6 Å². The number of rotatable bonds is 4. The van der Waals surface area contributed by atoms with E-state index in [0.29, 0.717) is 5.56 Å². The second-order valence-corrected chi connectivity index (χ2v) is 7.02. The summed E-state index contributed by atoms with van der Waals surface area (Å²) in [5.74, 6) is -2.56. The molecular formula is C20H16F3N5O2. The normalized spacial score (nSPS) is 11.5. The highest BCUT2D eigenvalue weighted by Crippen LogP contribution is 2.26. The Kier molecular flexibility index (Phi) is 4.76. The van der Waals surface area contributed by atoms with Crippen LogP contribution in [-0.2, 0) is 6.54 Å². The van der Waals surface area contributed by atoms with Crippen LogP contribution in [0.3, 0.4) is 0 Å². The Morgan fingerprint density at radius 1 is 1.00 bits per heavy atom. The Morgan fingerprint density at radius 2 is 1.70 bits per heavy atom. The molecule has 0 aliphatic heterocycles. The number of hydrogen-bond donors (Lipinski definition) is 1. The molecule has 7 nitrogen and oxygen atoms in total. The van der Waals surface area contributed by atoms with Crippen molar-refractivity contribution in [1.29, 1.82) is 0 Å². The highest BCUT2D eigenvalue weighted by Gasteiger charge is 2.23. The Bertz CT molecular complexity index is 1370. The average Bonchev–Trinajstić information content (AvgIpc) is 3.02. The molecule has 0 fully saturated rings. The van der Waals surface area contributed by atoms with Crippen LogP contribution in [0.4, 0.5) is 13.2 Å². The van der Waals surface area contributed by atoms with Crippen LogP contribution in [-0.4, -0.2) is 24.1 Å². The molecule has 3 heterocycles. The van der Waals surface area contributed by atoms with E-state index in [1.54, 1.807) is 13.8 Å². The Labute approximate surface area is 167 Å². The predicted molar refractivity (Wildman–Crippen MR) is 104 cm³/mol. The number of H-pyrrole nitrogens is 1. The van der Waals surface area contributed by atoms with Crippen LogP contribution in [0.25, 0.3) is 22.6 Å². The second-order valence-electron chi connectivity index (χ2n) is 7.02. The molecule has 3 aromatic heterocycles. The first-order chi connectivity index (χ1) is 14.3. The van der Waals surface area contributed by atoms with Crippen molar-refractivity contribution < 1.29 is 13.2 Å². The van der Waals surface area contributed by atoms with E-state index in [0.717, 1.165) is 12.1 Å². The number of hydrogen-bond acceptors (Lipinski definition) is 4. The van der Waals surface area contributed by atoms with Gasteiger partial charge in [0.25, 0.3) is 5.56 Å². The zero-order valence-electron chi connectivity index (χ0n) is 16.0. The lowest BCUT2D eigenvalue weighted by molar-refractivity contribution is 0.514. The molecule has 0 radical (unpaired) electrons. The van der Waals surface area contributed by atoms with Crippen molar-refractivity contribution in [2.75, 3.05) is 0 Å². The summed E-state index contributed by atoms with van der Waals surface area (Å²) < 4.78 is 43.8. The van der Waals surface area contributed by atoms with Crippen LogP contribution >= 0.6 is 0 Å². The summed E-state index contributed by atoms with van der Waals surface area (Å²) in [6.07, 6.45) is 0.